The van der Waals surface area contributed by atoms with Crippen molar-refractivity contribution < 1.29 is 23.2 Å². The number of carbonyl (C=O) groups is 1. The standard InChI is InChI=1S/C16H18FN3O4/c1-10(23-13-5-3-12(17)4-6-13)16(21)20-7-14(8-20)22-9-15-18-11(2)19-24-15/h3-6,10,14H,7-9H2,1-2H3. The number of amides is 1. The average Bonchev–Trinajstić information content (AvgIpc) is 2.93. The van der Waals surface area contributed by atoms with Crippen LogP contribution in [0.4, 0.5) is 4.39 Å². The lowest BCUT2D eigenvalue weighted by molar-refractivity contribution is -0.153. The number of carbonyl (C=O) groups excluding carboxylic acids is 1. The molecule has 128 valence electrons. The van der Waals surface area contributed by atoms with Crippen molar-refractivity contribution in [3.8, 4) is 5.75 Å². The van der Waals surface area contributed by atoms with Crippen LogP contribution in [0.25, 0.3) is 0 Å². The van der Waals surface area contributed by atoms with Crippen LogP contribution < -0.4 is 4.74 Å². The van der Waals surface area contributed by atoms with E-state index in [4.69, 9.17) is 14.0 Å². The third-order valence-corrected chi connectivity index (χ3v) is 3.65. The smallest absolute Gasteiger partial charge is 0.263 e. The zero-order valence-corrected chi connectivity index (χ0v) is 13.4. The molecule has 1 fully saturated rings. The molecule has 3 rings (SSSR count). The van der Waals surface area contributed by atoms with E-state index in [1.807, 2.05) is 0 Å². The summed E-state index contributed by atoms with van der Waals surface area (Å²) in [5.74, 6) is 0.960. The van der Waals surface area contributed by atoms with Crippen molar-refractivity contribution in [2.75, 3.05) is 13.1 Å². The summed E-state index contributed by atoms with van der Waals surface area (Å²) in [6, 6.07) is 5.57. The van der Waals surface area contributed by atoms with Crippen molar-refractivity contribution >= 4 is 5.91 Å². The van der Waals surface area contributed by atoms with Crippen molar-refractivity contribution in [3.63, 3.8) is 0 Å². The molecule has 2 aromatic rings. The van der Waals surface area contributed by atoms with Gasteiger partial charge >= 0.3 is 0 Å². The Hall–Kier alpha value is -2.48. The summed E-state index contributed by atoms with van der Waals surface area (Å²) in [7, 11) is 0. The van der Waals surface area contributed by atoms with Gasteiger partial charge in [-0.05, 0) is 38.1 Å². The molecule has 0 spiro atoms. The van der Waals surface area contributed by atoms with Crippen LogP contribution in [-0.4, -0.2) is 46.2 Å². The topological polar surface area (TPSA) is 77.7 Å². The van der Waals surface area contributed by atoms with E-state index in [-0.39, 0.29) is 24.4 Å². The Morgan fingerprint density at radius 1 is 1.42 bits per heavy atom. The number of rotatable bonds is 6. The first-order chi connectivity index (χ1) is 11.5. The van der Waals surface area contributed by atoms with Gasteiger partial charge in [0, 0.05) is 13.1 Å². The first-order valence-electron chi connectivity index (χ1n) is 7.63. The lowest BCUT2D eigenvalue weighted by Gasteiger charge is -2.39. The lowest BCUT2D eigenvalue weighted by Crippen LogP contribution is -2.57. The third-order valence-electron chi connectivity index (χ3n) is 3.65. The van der Waals surface area contributed by atoms with Gasteiger partial charge in [-0.1, -0.05) is 5.16 Å². The zero-order valence-electron chi connectivity index (χ0n) is 13.4. The molecule has 0 N–H and O–H groups in total. The van der Waals surface area contributed by atoms with Crippen LogP contribution in [0.5, 0.6) is 5.75 Å². The maximum absolute atomic E-state index is 12.9. The SMILES string of the molecule is Cc1noc(COC2CN(C(=O)C(C)Oc3ccc(F)cc3)C2)n1. The minimum atomic E-state index is -0.644. The highest BCUT2D eigenvalue weighted by Crippen LogP contribution is 2.18. The molecule has 1 aliphatic rings. The highest BCUT2D eigenvalue weighted by atomic mass is 19.1. The predicted octanol–water partition coefficient (Wildman–Crippen LogP) is 1.71. The summed E-state index contributed by atoms with van der Waals surface area (Å²) in [4.78, 5) is 17.9. The first kappa shape index (κ1) is 16.4. The fraction of sp³-hybridized carbons (Fsp3) is 0.438. The second-order valence-corrected chi connectivity index (χ2v) is 5.63. The Kier molecular flexibility index (Phi) is 4.75. The molecule has 8 heteroatoms. The van der Waals surface area contributed by atoms with Gasteiger partial charge in [-0.3, -0.25) is 4.79 Å². The summed E-state index contributed by atoms with van der Waals surface area (Å²) in [5.41, 5.74) is 0. The molecule has 2 heterocycles. The third kappa shape index (κ3) is 3.88. The number of hydrogen-bond donors (Lipinski definition) is 0. The largest absolute Gasteiger partial charge is 0.481 e. The van der Waals surface area contributed by atoms with E-state index in [2.05, 4.69) is 10.1 Å². The second-order valence-electron chi connectivity index (χ2n) is 5.63. The molecule has 1 atom stereocenters. The minimum Gasteiger partial charge on any atom is -0.481 e. The summed E-state index contributed by atoms with van der Waals surface area (Å²) in [6.07, 6.45) is -0.700. The van der Waals surface area contributed by atoms with E-state index in [1.54, 1.807) is 18.7 Å². The van der Waals surface area contributed by atoms with Gasteiger partial charge in [0.05, 0.1) is 6.10 Å². The lowest BCUT2D eigenvalue weighted by atomic mass is 10.1. The number of benzene rings is 1. The van der Waals surface area contributed by atoms with Crippen LogP contribution in [-0.2, 0) is 16.1 Å². The van der Waals surface area contributed by atoms with Gasteiger partial charge in [0.25, 0.3) is 11.8 Å². The van der Waals surface area contributed by atoms with Crippen LogP contribution in [0, 0.1) is 12.7 Å². The average molecular weight is 335 g/mol. The van der Waals surface area contributed by atoms with E-state index in [1.165, 1.54) is 24.3 Å². The number of aryl methyl sites for hydroxylation is 1. The van der Waals surface area contributed by atoms with Crippen LogP contribution in [0.1, 0.15) is 18.6 Å². The second kappa shape index (κ2) is 6.96. The van der Waals surface area contributed by atoms with E-state index in [9.17, 15) is 9.18 Å². The summed E-state index contributed by atoms with van der Waals surface area (Å²) in [5, 5.41) is 3.68. The number of halogens is 1. The van der Waals surface area contributed by atoms with Crippen LogP contribution in [0.2, 0.25) is 0 Å². The van der Waals surface area contributed by atoms with Gasteiger partial charge in [-0.15, -0.1) is 0 Å². The number of aromatic nitrogens is 2. The minimum absolute atomic E-state index is 0.0563. The maximum atomic E-state index is 12.9. The Balaban J connectivity index is 1.41. The molecule has 1 aliphatic heterocycles. The Morgan fingerprint density at radius 2 is 2.12 bits per heavy atom. The van der Waals surface area contributed by atoms with Crippen molar-refractivity contribution in [2.24, 2.45) is 0 Å². The molecule has 1 saturated heterocycles. The van der Waals surface area contributed by atoms with Crippen LogP contribution >= 0.6 is 0 Å². The van der Waals surface area contributed by atoms with E-state index >= 15 is 0 Å². The number of nitrogens with zero attached hydrogens (tertiary/aromatic N) is 3. The van der Waals surface area contributed by atoms with Crippen molar-refractivity contribution in [1.82, 2.24) is 15.0 Å². The molecule has 0 bridgehead atoms. The summed E-state index contributed by atoms with van der Waals surface area (Å²) >= 11 is 0. The molecule has 1 aromatic carbocycles. The highest BCUT2D eigenvalue weighted by Gasteiger charge is 2.34. The quantitative estimate of drug-likeness (QED) is 0.800. The van der Waals surface area contributed by atoms with Gasteiger partial charge in [0.2, 0.25) is 0 Å². The molecular formula is C16H18FN3O4. The molecule has 1 aromatic heterocycles. The van der Waals surface area contributed by atoms with Crippen LogP contribution in [0.3, 0.4) is 0 Å². The molecule has 0 saturated carbocycles. The first-order valence-corrected chi connectivity index (χ1v) is 7.63. The van der Waals surface area contributed by atoms with Gasteiger partial charge in [-0.25, -0.2) is 4.39 Å². The van der Waals surface area contributed by atoms with Crippen LogP contribution in [0.15, 0.2) is 28.8 Å². The van der Waals surface area contributed by atoms with Gasteiger partial charge in [-0.2, -0.15) is 4.98 Å². The van der Waals surface area contributed by atoms with E-state index in [0.717, 1.165) is 0 Å². The molecule has 1 unspecified atom stereocenters. The van der Waals surface area contributed by atoms with Gasteiger partial charge in [0.1, 0.15) is 18.2 Å². The fourth-order valence-electron chi connectivity index (χ4n) is 2.34. The normalized spacial score (nSPS) is 15.9. The number of hydrogen-bond acceptors (Lipinski definition) is 6. The summed E-state index contributed by atoms with van der Waals surface area (Å²) < 4.78 is 28.9. The van der Waals surface area contributed by atoms with Crippen molar-refractivity contribution in [1.29, 1.82) is 0 Å². The number of likely N-dealkylation sites (tertiary alicyclic amines) is 1. The summed E-state index contributed by atoms with van der Waals surface area (Å²) in [6.45, 7) is 4.61. The molecule has 1 amide bonds. The molecule has 24 heavy (non-hydrogen) atoms. The Morgan fingerprint density at radius 3 is 2.75 bits per heavy atom. The molecule has 7 nitrogen and oxygen atoms in total. The van der Waals surface area contributed by atoms with E-state index in [0.29, 0.717) is 30.6 Å². The molecular weight excluding hydrogens is 317 g/mol. The number of ether oxygens (including phenoxy) is 2. The monoisotopic (exact) mass is 335 g/mol. The predicted molar refractivity (Wildman–Crippen MR) is 80.7 cm³/mol. The zero-order chi connectivity index (χ0) is 17.1. The van der Waals surface area contributed by atoms with Crippen molar-refractivity contribution in [3.05, 3.63) is 41.8 Å². The molecule has 0 aliphatic carbocycles. The Labute approximate surface area is 138 Å². The van der Waals surface area contributed by atoms with Gasteiger partial charge < -0.3 is 18.9 Å². The highest BCUT2D eigenvalue weighted by molar-refractivity contribution is 5.81. The maximum Gasteiger partial charge on any atom is 0.263 e. The van der Waals surface area contributed by atoms with Gasteiger partial charge in [0.15, 0.2) is 11.9 Å². The van der Waals surface area contributed by atoms with Crippen molar-refractivity contribution in [2.45, 2.75) is 32.7 Å². The fourth-order valence-corrected chi connectivity index (χ4v) is 2.34. The van der Waals surface area contributed by atoms with E-state index < -0.39 is 6.10 Å². The molecule has 0 radical (unpaired) electrons. The Bertz CT molecular complexity index is 698.